The Hall–Kier alpha value is -0.540. The first-order valence-corrected chi connectivity index (χ1v) is 2.34. The van der Waals surface area contributed by atoms with Gasteiger partial charge >= 0.3 is 0 Å². The molecule has 1 unspecified atom stereocenters. The Morgan fingerprint density at radius 3 is 2.38 bits per heavy atom. The lowest BCUT2D eigenvalue weighted by Gasteiger charge is -1.98. The summed E-state index contributed by atoms with van der Waals surface area (Å²) in [5.41, 5.74) is 0. The number of allylic oxidation sites excluding steroid dienone is 1. The number of hydrogen-bond donors (Lipinski definition) is 2. The first-order valence-electron chi connectivity index (χ1n) is 2.34. The van der Waals surface area contributed by atoms with Gasteiger partial charge in [-0.2, -0.15) is 0 Å². The van der Waals surface area contributed by atoms with Gasteiger partial charge in [-0.3, -0.25) is 5.26 Å². The van der Waals surface area contributed by atoms with Crippen molar-refractivity contribution < 1.29 is 15.3 Å². The molecule has 0 amide bonds. The fourth-order valence-corrected chi connectivity index (χ4v) is 0.370. The van der Waals surface area contributed by atoms with E-state index in [-0.39, 0.29) is 5.76 Å². The predicted molar refractivity (Wildman–Crippen MR) is 29.6 cm³/mol. The summed E-state index contributed by atoms with van der Waals surface area (Å²) in [7, 11) is 0. The van der Waals surface area contributed by atoms with Crippen LogP contribution in [0, 0.1) is 0 Å². The van der Waals surface area contributed by atoms with Crippen molar-refractivity contribution in [1.29, 1.82) is 0 Å². The number of aliphatic hydroxyl groups is 1. The molecule has 0 aliphatic carbocycles. The Bertz CT molecular complexity index is 83.7. The SMILES string of the molecule is C/C(O)=C\C(C)OO. The summed E-state index contributed by atoms with van der Waals surface area (Å²) in [5.74, 6) is 0.145. The van der Waals surface area contributed by atoms with Crippen molar-refractivity contribution in [1.82, 2.24) is 0 Å². The first kappa shape index (κ1) is 7.46. The fraction of sp³-hybridized carbons (Fsp3) is 0.600. The van der Waals surface area contributed by atoms with Crippen molar-refractivity contribution in [2.24, 2.45) is 0 Å². The zero-order chi connectivity index (χ0) is 6.57. The minimum Gasteiger partial charge on any atom is -0.513 e. The summed E-state index contributed by atoms with van der Waals surface area (Å²) < 4.78 is 0. The first-order chi connectivity index (χ1) is 3.66. The minimum absolute atomic E-state index is 0.145. The van der Waals surface area contributed by atoms with Crippen LogP contribution in [0.4, 0.5) is 0 Å². The molecule has 0 rings (SSSR count). The van der Waals surface area contributed by atoms with Crippen LogP contribution in [0.1, 0.15) is 13.8 Å². The molecule has 8 heavy (non-hydrogen) atoms. The van der Waals surface area contributed by atoms with Crippen molar-refractivity contribution in [2.45, 2.75) is 20.0 Å². The van der Waals surface area contributed by atoms with Crippen molar-refractivity contribution in [3.8, 4) is 0 Å². The average Bonchev–Trinajstić information content (AvgIpc) is 1.65. The van der Waals surface area contributed by atoms with Gasteiger partial charge in [-0.1, -0.05) is 0 Å². The maximum Gasteiger partial charge on any atom is 0.111 e. The molecular weight excluding hydrogens is 108 g/mol. The van der Waals surface area contributed by atoms with Gasteiger partial charge in [0.25, 0.3) is 0 Å². The molecule has 0 fully saturated rings. The third-order valence-corrected chi connectivity index (χ3v) is 0.642. The summed E-state index contributed by atoms with van der Waals surface area (Å²) in [6, 6.07) is 0. The zero-order valence-corrected chi connectivity index (χ0v) is 4.96. The Morgan fingerprint density at radius 2 is 2.25 bits per heavy atom. The van der Waals surface area contributed by atoms with Crippen LogP contribution < -0.4 is 0 Å². The van der Waals surface area contributed by atoms with Crippen LogP contribution >= 0.6 is 0 Å². The largest absolute Gasteiger partial charge is 0.513 e. The standard InChI is InChI=1S/C5H10O3/c1-4(6)3-5(2)8-7/h3,5-7H,1-2H3/b4-3+. The van der Waals surface area contributed by atoms with Gasteiger partial charge in [-0.15, -0.1) is 0 Å². The Morgan fingerprint density at radius 1 is 1.75 bits per heavy atom. The van der Waals surface area contributed by atoms with E-state index < -0.39 is 6.10 Å². The van der Waals surface area contributed by atoms with E-state index in [2.05, 4.69) is 4.89 Å². The molecule has 2 N–H and O–H groups in total. The van der Waals surface area contributed by atoms with Gasteiger partial charge in [-0.25, -0.2) is 4.89 Å². The molecule has 1 atom stereocenters. The monoisotopic (exact) mass is 118 g/mol. The smallest absolute Gasteiger partial charge is 0.111 e. The Kier molecular flexibility index (Phi) is 3.23. The topological polar surface area (TPSA) is 49.7 Å². The maximum absolute atomic E-state index is 8.52. The highest BCUT2D eigenvalue weighted by molar-refractivity contribution is 4.90. The molecule has 0 heterocycles. The maximum atomic E-state index is 8.52. The van der Waals surface area contributed by atoms with Crippen molar-refractivity contribution >= 4 is 0 Å². The molecule has 48 valence electrons. The van der Waals surface area contributed by atoms with E-state index >= 15 is 0 Å². The Labute approximate surface area is 48.1 Å². The van der Waals surface area contributed by atoms with E-state index in [1.807, 2.05) is 0 Å². The van der Waals surface area contributed by atoms with Gasteiger partial charge in [0.05, 0.1) is 5.76 Å². The van der Waals surface area contributed by atoms with Crippen LogP contribution in [0.5, 0.6) is 0 Å². The summed E-state index contributed by atoms with van der Waals surface area (Å²) in [5, 5.41) is 16.5. The normalized spacial score (nSPS) is 16.1. The molecule has 0 aliphatic heterocycles. The minimum atomic E-state index is -0.431. The van der Waals surface area contributed by atoms with E-state index in [0.29, 0.717) is 0 Å². The fourth-order valence-electron chi connectivity index (χ4n) is 0.370. The molecule has 0 spiro atoms. The number of rotatable bonds is 2. The lowest BCUT2D eigenvalue weighted by molar-refractivity contribution is -0.261. The molecule has 3 nitrogen and oxygen atoms in total. The molecule has 0 aliphatic rings. The van der Waals surface area contributed by atoms with Crippen molar-refractivity contribution in [3.63, 3.8) is 0 Å². The van der Waals surface area contributed by atoms with Crippen LogP contribution in [0.3, 0.4) is 0 Å². The van der Waals surface area contributed by atoms with Gasteiger partial charge in [0.15, 0.2) is 0 Å². The summed E-state index contributed by atoms with van der Waals surface area (Å²) >= 11 is 0. The third-order valence-electron chi connectivity index (χ3n) is 0.642. The van der Waals surface area contributed by atoms with Crippen LogP contribution in [-0.2, 0) is 4.89 Å². The highest BCUT2D eigenvalue weighted by Gasteiger charge is 1.93. The molecule has 0 aromatic rings. The van der Waals surface area contributed by atoms with Crippen LogP contribution in [0.2, 0.25) is 0 Å². The van der Waals surface area contributed by atoms with E-state index in [0.717, 1.165) is 0 Å². The van der Waals surface area contributed by atoms with Gasteiger partial charge in [0.2, 0.25) is 0 Å². The second kappa shape index (κ2) is 3.46. The van der Waals surface area contributed by atoms with E-state index in [4.69, 9.17) is 10.4 Å². The lowest BCUT2D eigenvalue weighted by Crippen LogP contribution is -2.00. The van der Waals surface area contributed by atoms with Gasteiger partial charge in [0, 0.05) is 0 Å². The van der Waals surface area contributed by atoms with Crippen LogP contribution in [0.15, 0.2) is 11.8 Å². The average molecular weight is 118 g/mol. The van der Waals surface area contributed by atoms with Crippen molar-refractivity contribution in [3.05, 3.63) is 11.8 Å². The molecule has 0 aromatic carbocycles. The van der Waals surface area contributed by atoms with Gasteiger partial charge < -0.3 is 5.11 Å². The lowest BCUT2D eigenvalue weighted by atomic mass is 10.3. The van der Waals surface area contributed by atoms with Crippen LogP contribution in [0.25, 0.3) is 0 Å². The van der Waals surface area contributed by atoms with Gasteiger partial charge in [0.1, 0.15) is 6.10 Å². The van der Waals surface area contributed by atoms with E-state index in [1.54, 1.807) is 6.92 Å². The second-order valence-electron chi connectivity index (χ2n) is 1.62. The van der Waals surface area contributed by atoms with Crippen LogP contribution in [-0.4, -0.2) is 16.5 Å². The molecule has 0 radical (unpaired) electrons. The summed E-state index contributed by atoms with van der Waals surface area (Å²) in [6.45, 7) is 3.12. The molecule has 0 bridgehead atoms. The predicted octanol–water partition coefficient (Wildman–Crippen LogP) is 1.33. The summed E-state index contributed by atoms with van der Waals surface area (Å²) in [4.78, 5) is 3.82. The molecule has 0 saturated carbocycles. The molecule has 3 heteroatoms. The van der Waals surface area contributed by atoms with E-state index in [9.17, 15) is 0 Å². The zero-order valence-electron chi connectivity index (χ0n) is 4.96. The molecule has 0 saturated heterocycles. The van der Waals surface area contributed by atoms with Crippen molar-refractivity contribution in [2.75, 3.05) is 0 Å². The molecular formula is C5H10O3. The second-order valence-corrected chi connectivity index (χ2v) is 1.62. The molecule has 0 aromatic heterocycles. The van der Waals surface area contributed by atoms with Gasteiger partial charge in [-0.05, 0) is 19.9 Å². The highest BCUT2D eigenvalue weighted by atomic mass is 17.1. The number of aliphatic hydroxyl groups excluding tert-OH is 1. The quantitative estimate of drug-likeness (QED) is 0.326. The Balaban J connectivity index is 3.51. The number of hydrogen-bond acceptors (Lipinski definition) is 3. The van der Waals surface area contributed by atoms with E-state index in [1.165, 1.54) is 13.0 Å². The highest BCUT2D eigenvalue weighted by Crippen LogP contribution is 1.92. The summed E-state index contributed by atoms with van der Waals surface area (Å²) in [6.07, 6.45) is 0.958. The third kappa shape index (κ3) is 3.64.